The molecule has 5 rings (SSSR count). The van der Waals surface area contributed by atoms with Gasteiger partial charge < -0.3 is 9.64 Å². The molecule has 1 amide bonds. The van der Waals surface area contributed by atoms with E-state index in [0.29, 0.717) is 12.0 Å². The van der Waals surface area contributed by atoms with E-state index in [1.54, 1.807) is 6.08 Å². The Balaban J connectivity index is 1.17. The molecule has 4 nitrogen and oxygen atoms in total. The topological polar surface area (TPSA) is 32.8 Å². The molecule has 2 heterocycles. The van der Waals surface area contributed by atoms with Crippen LogP contribution in [0.3, 0.4) is 0 Å². The molecule has 2 saturated heterocycles. The third kappa shape index (κ3) is 5.74. The predicted octanol–water partition coefficient (Wildman–Crippen LogP) is 4.59. The van der Waals surface area contributed by atoms with Gasteiger partial charge in [0.05, 0.1) is 6.10 Å². The summed E-state index contributed by atoms with van der Waals surface area (Å²) < 4.78 is 5.87. The van der Waals surface area contributed by atoms with Crippen molar-refractivity contribution in [3.63, 3.8) is 0 Å². The summed E-state index contributed by atoms with van der Waals surface area (Å²) in [5, 5.41) is 0. The number of hydrogen-bond acceptors (Lipinski definition) is 3. The molecule has 33 heavy (non-hydrogen) atoms. The Kier molecular flexibility index (Phi) is 7.23. The first kappa shape index (κ1) is 22.4. The van der Waals surface area contributed by atoms with Crippen LogP contribution in [0.4, 0.5) is 0 Å². The van der Waals surface area contributed by atoms with Crippen LogP contribution in [0.15, 0.2) is 60.7 Å². The highest BCUT2D eigenvalue weighted by Gasteiger charge is 2.31. The molecule has 1 aliphatic carbocycles. The minimum Gasteiger partial charge on any atom is -0.376 e. The van der Waals surface area contributed by atoms with E-state index in [0.717, 1.165) is 51.2 Å². The Bertz CT molecular complexity index is 918. The van der Waals surface area contributed by atoms with Gasteiger partial charge in [-0.2, -0.15) is 0 Å². The number of ether oxygens (including phenoxy) is 1. The van der Waals surface area contributed by atoms with Crippen molar-refractivity contribution in [2.75, 3.05) is 32.8 Å². The van der Waals surface area contributed by atoms with E-state index >= 15 is 0 Å². The molecule has 4 heteroatoms. The first-order valence-corrected chi connectivity index (χ1v) is 12.7. The van der Waals surface area contributed by atoms with Crippen LogP contribution in [0.1, 0.15) is 42.4 Å². The number of piperidine rings is 1. The lowest BCUT2D eigenvalue weighted by atomic mass is 9.94. The van der Waals surface area contributed by atoms with Crippen molar-refractivity contribution in [3.05, 3.63) is 77.4 Å². The molecule has 3 aliphatic rings. The second kappa shape index (κ2) is 10.7. The molecule has 2 aromatic rings. The van der Waals surface area contributed by atoms with E-state index < -0.39 is 0 Å². The Morgan fingerprint density at radius 2 is 1.64 bits per heavy atom. The van der Waals surface area contributed by atoms with Gasteiger partial charge in [0, 0.05) is 31.8 Å². The number of likely N-dealkylation sites (tertiary alicyclic amines) is 1. The average molecular weight is 445 g/mol. The highest BCUT2D eigenvalue weighted by atomic mass is 16.5. The van der Waals surface area contributed by atoms with Gasteiger partial charge in [0.15, 0.2) is 0 Å². The Hall–Kier alpha value is -2.43. The van der Waals surface area contributed by atoms with Crippen molar-refractivity contribution in [3.8, 4) is 0 Å². The summed E-state index contributed by atoms with van der Waals surface area (Å²) in [7, 11) is 0. The number of carbonyl (C=O) groups is 1. The van der Waals surface area contributed by atoms with E-state index in [2.05, 4.69) is 34.1 Å². The molecule has 2 aromatic carbocycles. The zero-order valence-electron chi connectivity index (χ0n) is 19.6. The standard InChI is InChI=1S/C29H36N2O2/c32-29(13-12-23-7-2-1-3-8-23)31(22-28-11-6-18-33-28)21-24-14-16-30(17-15-24)27-19-25-9-4-5-10-26(25)20-27/h1-5,7-10,12-13,24,27-28H,6,11,14-22H2/b13-12+/t28-/m1/s1. The largest absolute Gasteiger partial charge is 0.376 e. The van der Waals surface area contributed by atoms with Crippen LogP contribution in [0.2, 0.25) is 0 Å². The fourth-order valence-corrected chi connectivity index (χ4v) is 5.73. The molecule has 2 fully saturated rings. The van der Waals surface area contributed by atoms with E-state index in [1.165, 1.54) is 36.8 Å². The van der Waals surface area contributed by atoms with Crippen molar-refractivity contribution in [2.24, 2.45) is 5.92 Å². The summed E-state index contributed by atoms with van der Waals surface area (Å²) in [6, 6.07) is 19.6. The first-order chi connectivity index (χ1) is 16.2. The lowest BCUT2D eigenvalue weighted by Gasteiger charge is -2.38. The zero-order chi connectivity index (χ0) is 22.5. The maximum atomic E-state index is 13.2. The van der Waals surface area contributed by atoms with Gasteiger partial charge in [-0.1, -0.05) is 54.6 Å². The second-order valence-electron chi connectivity index (χ2n) is 9.93. The maximum Gasteiger partial charge on any atom is 0.246 e. The summed E-state index contributed by atoms with van der Waals surface area (Å²) in [5.41, 5.74) is 4.13. The smallest absolute Gasteiger partial charge is 0.246 e. The molecule has 0 spiro atoms. The van der Waals surface area contributed by atoms with Gasteiger partial charge >= 0.3 is 0 Å². The average Bonchev–Trinajstić information content (AvgIpc) is 3.53. The SMILES string of the molecule is O=C(/C=C/c1ccccc1)N(CC1CCN(C2Cc3ccccc3C2)CC1)C[C@H]1CCCO1. The molecule has 0 N–H and O–H groups in total. The van der Waals surface area contributed by atoms with Crippen molar-refractivity contribution in [2.45, 2.75) is 50.7 Å². The number of amides is 1. The lowest BCUT2D eigenvalue weighted by Crippen LogP contribution is -2.46. The molecule has 0 radical (unpaired) electrons. The molecular weight excluding hydrogens is 408 g/mol. The van der Waals surface area contributed by atoms with Crippen LogP contribution in [-0.4, -0.2) is 60.6 Å². The molecule has 2 aliphatic heterocycles. The minimum absolute atomic E-state index is 0.114. The van der Waals surface area contributed by atoms with Gasteiger partial charge in [-0.05, 0) is 80.3 Å². The van der Waals surface area contributed by atoms with Gasteiger partial charge in [0.2, 0.25) is 5.91 Å². The first-order valence-electron chi connectivity index (χ1n) is 12.7. The molecule has 0 saturated carbocycles. The summed E-state index contributed by atoms with van der Waals surface area (Å²) in [4.78, 5) is 17.9. The molecule has 0 aromatic heterocycles. The fourth-order valence-electron chi connectivity index (χ4n) is 5.73. The Labute approximate surface area is 198 Å². The van der Waals surface area contributed by atoms with Gasteiger partial charge in [0.25, 0.3) is 0 Å². The van der Waals surface area contributed by atoms with Gasteiger partial charge in [-0.15, -0.1) is 0 Å². The van der Waals surface area contributed by atoms with E-state index in [1.807, 2.05) is 36.4 Å². The third-order valence-electron chi connectivity index (χ3n) is 7.65. The second-order valence-corrected chi connectivity index (χ2v) is 9.93. The zero-order valence-corrected chi connectivity index (χ0v) is 19.6. The monoisotopic (exact) mass is 444 g/mol. The number of hydrogen-bond donors (Lipinski definition) is 0. The maximum absolute atomic E-state index is 13.2. The van der Waals surface area contributed by atoms with Crippen LogP contribution in [-0.2, 0) is 22.4 Å². The summed E-state index contributed by atoms with van der Waals surface area (Å²) >= 11 is 0. The van der Waals surface area contributed by atoms with Crippen molar-refractivity contribution in [1.82, 2.24) is 9.80 Å². The molecule has 0 unspecified atom stereocenters. The molecule has 0 bridgehead atoms. The number of nitrogens with zero attached hydrogens (tertiary/aromatic N) is 2. The molecule has 174 valence electrons. The lowest BCUT2D eigenvalue weighted by molar-refractivity contribution is -0.128. The number of fused-ring (bicyclic) bond motifs is 1. The van der Waals surface area contributed by atoms with Gasteiger partial charge in [-0.25, -0.2) is 0 Å². The van der Waals surface area contributed by atoms with E-state index in [4.69, 9.17) is 4.74 Å². The normalized spacial score (nSPS) is 22.1. The molecule has 1 atom stereocenters. The van der Waals surface area contributed by atoms with Crippen molar-refractivity contribution in [1.29, 1.82) is 0 Å². The Morgan fingerprint density at radius 1 is 0.939 bits per heavy atom. The highest BCUT2D eigenvalue weighted by Crippen LogP contribution is 2.29. The summed E-state index contributed by atoms with van der Waals surface area (Å²) in [6.45, 7) is 4.68. The number of benzene rings is 2. The minimum atomic E-state index is 0.114. The number of carbonyl (C=O) groups excluding carboxylic acids is 1. The predicted molar refractivity (Wildman–Crippen MR) is 133 cm³/mol. The quantitative estimate of drug-likeness (QED) is 0.586. The Morgan fingerprint density at radius 3 is 2.30 bits per heavy atom. The van der Waals surface area contributed by atoms with Crippen LogP contribution in [0, 0.1) is 5.92 Å². The van der Waals surface area contributed by atoms with Crippen molar-refractivity contribution >= 4 is 12.0 Å². The fraction of sp³-hybridized carbons (Fsp3) is 0.483. The van der Waals surface area contributed by atoms with Crippen LogP contribution < -0.4 is 0 Å². The van der Waals surface area contributed by atoms with E-state index in [9.17, 15) is 4.79 Å². The van der Waals surface area contributed by atoms with Gasteiger partial charge in [-0.3, -0.25) is 9.69 Å². The van der Waals surface area contributed by atoms with Crippen LogP contribution in [0.25, 0.3) is 6.08 Å². The van der Waals surface area contributed by atoms with E-state index in [-0.39, 0.29) is 12.0 Å². The summed E-state index contributed by atoms with van der Waals surface area (Å²) in [5.74, 6) is 0.684. The van der Waals surface area contributed by atoms with Gasteiger partial charge in [0.1, 0.15) is 0 Å². The number of rotatable bonds is 7. The third-order valence-corrected chi connectivity index (χ3v) is 7.65. The van der Waals surface area contributed by atoms with Crippen molar-refractivity contribution < 1.29 is 9.53 Å². The highest BCUT2D eigenvalue weighted by molar-refractivity contribution is 5.91. The molecular formula is C29H36N2O2. The summed E-state index contributed by atoms with van der Waals surface area (Å²) in [6.07, 6.45) is 10.8. The van der Waals surface area contributed by atoms with Crippen LogP contribution >= 0.6 is 0 Å². The van der Waals surface area contributed by atoms with Crippen LogP contribution in [0.5, 0.6) is 0 Å².